The van der Waals surface area contributed by atoms with Gasteiger partial charge >= 0.3 is 5.97 Å². The summed E-state index contributed by atoms with van der Waals surface area (Å²) in [4.78, 5) is 11.8. The van der Waals surface area contributed by atoms with Crippen LogP contribution in [0.5, 0.6) is 0 Å². The predicted octanol–water partition coefficient (Wildman–Crippen LogP) is 2.92. The summed E-state index contributed by atoms with van der Waals surface area (Å²) in [6.45, 7) is 2.20. The summed E-state index contributed by atoms with van der Waals surface area (Å²) in [5.74, 6) is -1.65. The van der Waals surface area contributed by atoms with Crippen molar-refractivity contribution < 1.29 is 24.5 Å². The second-order valence-corrected chi connectivity index (χ2v) is 6.16. The molecule has 1 saturated heterocycles. The minimum absolute atomic E-state index is 0.346. The summed E-state index contributed by atoms with van der Waals surface area (Å²) in [5.41, 5.74) is 0. The van der Waals surface area contributed by atoms with Crippen LogP contribution in [-0.2, 0) is 14.3 Å². The number of hydrogen-bond donors (Lipinski definition) is 2. The SMILES string of the molecule is CCCCCCCCCCCC(=O)OC1(C(O)CO)CCO1. The predicted molar refractivity (Wildman–Crippen MR) is 84.3 cm³/mol. The van der Waals surface area contributed by atoms with Crippen LogP contribution in [0.4, 0.5) is 0 Å². The number of carbonyl (C=O) groups is 1. The minimum Gasteiger partial charge on any atom is -0.430 e. The number of aliphatic hydroxyl groups excluding tert-OH is 2. The number of esters is 1. The summed E-state index contributed by atoms with van der Waals surface area (Å²) in [7, 11) is 0. The summed E-state index contributed by atoms with van der Waals surface area (Å²) in [5, 5.41) is 18.6. The largest absolute Gasteiger partial charge is 0.430 e. The van der Waals surface area contributed by atoms with E-state index >= 15 is 0 Å². The molecule has 0 radical (unpaired) electrons. The van der Waals surface area contributed by atoms with E-state index in [1.54, 1.807) is 0 Å². The second kappa shape index (κ2) is 11.0. The van der Waals surface area contributed by atoms with E-state index in [0.717, 1.165) is 19.3 Å². The van der Waals surface area contributed by atoms with Gasteiger partial charge in [-0.1, -0.05) is 58.3 Å². The van der Waals surface area contributed by atoms with E-state index in [1.165, 1.54) is 38.5 Å². The fraction of sp³-hybridized carbons (Fsp3) is 0.941. The van der Waals surface area contributed by atoms with Crippen LogP contribution in [0.15, 0.2) is 0 Å². The molecule has 0 saturated carbocycles. The molecule has 0 aromatic heterocycles. The highest BCUT2D eigenvalue weighted by Gasteiger charge is 2.48. The van der Waals surface area contributed by atoms with Crippen LogP contribution in [0.1, 0.15) is 77.6 Å². The van der Waals surface area contributed by atoms with Crippen molar-refractivity contribution in [1.82, 2.24) is 0 Å². The molecule has 0 amide bonds. The van der Waals surface area contributed by atoms with Gasteiger partial charge in [0.2, 0.25) is 5.79 Å². The van der Waals surface area contributed by atoms with E-state index < -0.39 is 18.5 Å². The highest BCUT2D eigenvalue weighted by Crippen LogP contribution is 2.32. The van der Waals surface area contributed by atoms with Crippen LogP contribution in [0.3, 0.4) is 0 Å². The quantitative estimate of drug-likeness (QED) is 0.403. The van der Waals surface area contributed by atoms with Gasteiger partial charge in [-0.05, 0) is 6.42 Å². The Morgan fingerprint density at radius 2 is 1.68 bits per heavy atom. The van der Waals surface area contributed by atoms with Crippen molar-refractivity contribution in [2.75, 3.05) is 13.2 Å². The number of aliphatic hydroxyl groups is 2. The third-order valence-corrected chi connectivity index (χ3v) is 4.25. The van der Waals surface area contributed by atoms with Crippen LogP contribution in [0.25, 0.3) is 0 Å². The molecular formula is C17H32O5. The zero-order chi connectivity index (χ0) is 16.3. The molecule has 2 N–H and O–H groups in total. The van der Waals surface area contributed by atoms with Crippen molar-refractivity contribution in [3.05, 3.63) is 0 Å². The molecule has 1 heterocycles. The molecular weight excluding hydrogens is 284 g/mol. The number of ether oxygens (including phenoxy) is 2. The minimum atomic E-state index is -1.30. The monoisotopic (exact) mass is 316 g/mol. The van der Waals surface area contributed by atoms with Gasteiger partial charge in [-0.3, -0.25) is 4.79 Å². The van der Waals surface area contributed by atoms with E-state index in [1.807, 2.05) is 0 Å². The molecule has 1 rings (SSSR count). The average molecular weight is 316 g/mol. The molecule has 0 spiro atoms. The molecule has 2 unspecified atom stereocenters. The van der Waals surface area contributed by atoms with Crippen LogP contribution in [0.2, 0.25) is 0 Å². The molecule has 1 aliphatic rings. The molecule has 22 heavy (non-hydrogen) atoms. The number of hydrogen-bond acceptors (Lipinski definition) is 5. The van der Waals surface area contributed by atoms with Gasteiger partial charge in [0.15, 0.2) is 0 Å². The lowest BCUT2D eigenvalue weighted by atomic mass is 10.0. The van der Waals surface area contributed by atoms with Gasteiger partial charge in [0, 0.05) is 12.8 Å². The first-order valence-corrected chi connectivity index (χ1v) is 8.79. The van der Waals surface area contributed by atoms with Crippen molar-refractivity contribution in [1.29, 1.82) is 0 Å². The van der Waals surface area contributed by atoms with Gasteiger partial charge in [-0.2, -0.15) is 0 Å². The van der Waals surface area contributed by atoms with Gasteiger partial charge in [0.25, 0.3) is 0 Å². The number of rotatable bonds is 13. The topological polar surface area (TPSA) is 76.0 Å². The molecule has 0 aromatic carbocycles. The Morgan fingerprint density at radius 3 is 2.14 bits per heavy atom. The molecule has 2 atom stereocenters. The Hall–Kier alpha value is -0.650. The molecule has 0 aromatic rings. The summed E-state index contributed by atoms with van der Waals surface area (Å²) in [6, 6.07) is 0. The van der Waals surface area contributed by atoms with E-state index in [2.05, 4.69) is 6.92 Å². The lowest BCUT2D eigenvalue weighted by Crippen LogP contribution is -2.57. The first kappa shape index (κ1) is 19.4. The highest BCUT2D eigenvalue weighted by molar-refractivity contribution is 5.69. The molecule has 1 fully saturated rings. The lowest BCUT2D eigenvalue weighted by Gasteiger charge is -2.43. The Morgan fingerprint density at radius 1 is 1.14 bits per heavy atom. The Bertz CT molecular complexity index is 301. The van der Waals surface area contributed by atoms with Crippen molar-refractivity contribution >= 4 is 5.97 Å². The zero-order valence-electron chi connectivity index (χ0n) is 13.9. The Balaban J connectivity index is 2.02. The molecule has 0 bridgehead atoms. The fourth-order valence-electron chi connectivity index (χ4n) is 2.68. The molecule has 1 aliphatic heterocycles. The summed E-state index contributed by atoms with van der Waals surface area (Å²) >= 11 is 0. The third-order valence-electron chi connectivity index (χ3n) is 4.25. The van der Waals surface area contributed by atoms with Gasteiger partial charge < -0.3 is 19.7 Å². The van der Waals surface area contributed by atoms with Crippen LogP contribution in [-0.4, -0.2) is 41.3 Å². The average Bonchev–Trinajstić information content (AvgIpc) is 2.48. The second-order valence-electron chi connectivity index (χ2n) is 6.16. The number of carbonyl (C=O) groups excluding carboxylic acids is 1. The fourth-order valence-corrected chi connectivity index (χ4v) is 2.68. The maximum Gasteiger partial charge on any atom is 0.308 e. The maximum atomic E-state index is 11.8. The van der Waals surface area contributed by atoms with Crippen LogP contribution in [0, 0.1) is 0 Å². The molecule has 0 aliphatic carbocycles. The van der Waals surface area contributed by atoms with Gasteiger partial charge in [-0.15, -0.1) is 0 Å². The molecule has 130 valence electrons. The van der Waals surface area contributed by atoms with Gasteiger partial charge in [-0.25, -0.2) is 0 Å². The van der Waals surface area contributed by atoms with Gasteiger partial charge in [0.05, 0.1) is 13.2 Å². The normalized spacial score (nSPS) is 22.1. The smallest absolute Gasteiger partial charge is 0.308 e. The van der Waals surface area contributed by atoms with Crippen LogP contribution >= 0.6 is 0 Å². The number of unbranched alkanes of at least 4 members (excludes halogenated alkanes) is 8. The van der Waals surface area contributed by atoms with Crippen LogP contribution < -0.4 is 0 Å². The van der Waals surface area contributed by atoms with E-state index in [-0.39, 0.29) is 5.97 Å². The highest BCUT2D eigenvalue weighted by atomic mass is 16.7. The van der Waals surface area contributed by atoms with Crippen molar-refractivity contribution in [2.45, 2.75) is 89.4 Å². The van der Waals surface area contributed by atoms with Crippen molar-refractivity contribution in [2.24, 2.45) is 0 Å². The summed E-state index contributed by atoms with van der Waals surface area (Å²) in [6.07, 6.45) is 10.4. The maximum absolute atomic E-state index is 11.8. The first-order valence-electron chi connectivity index (χ1n) is 8.79. The van der Waals surface area contributed by atoms with E-state index in [4.69, 9.17) is 14.6 Å². The standard InChI is InChI=1S/C17H32O5/c1-2-3-4-5-6-7-8-9-10-11-16(20)22-17(12-13-21-17)15(19)14-18/h15,18-19H,2-14H2,1H3. The van der Waals surface area contributed by atoms with Gasteiger partial charge in [0.1, 0.15) is 6.10 Å². The molecule has 5 heteroatoms. The summed E-state index contributed by atoms with van der Waals surface area (Å²) < 4.78 is 10.4. The zero-order valence-corrected chi connectivity index (χ0v) is 13.9. The molecule has 5 nitrogen and oxygen atoms in total. The van der Waals surface area contributed by atoms with Crippen molar-refractivity contribution in [3.63, 3.8) is 0 Å². The van der Waals surface area contributed by atoms with E-state index in [9.17, 15) is 9.90 Å². The van der Waals surface area contributed by atoms with Crippen molar-refractivity contribution in [3.8, 4) is 0 Å². The third kappa shape index (κ3) is 6.63. The first-order chi connectivity index (χ1) is 10.6. The Labute approximate surface area is 134 Å². The Kier molecular flexibility index (Phi) is 9.68. The lowest BCUT2D eigenvalue weighted by molar-refractivity contribution is -0.333. The van der Waals surface area contributed by atoms with E-state index in [0.29, 0.717) is 19.4 Å².